The van der Waals surface area contributed by atoms with E-state index in [2.05, 4.69) is 29.7 Å². The van der Waals surface area contributed by atoms with E-state index in [1.165, 1.54) is 56.9 Å². The first-order chi connectivity index (χ1) is 10.3. The third kappa shape index (κ3) is 3.61. The summed E-state index contributed by atoms with van der Waals surface area (Å²) in [5.41, 5.74) is 1.85. The molecule has 0 saturated heterocycles. The lowest BCUT2D eigenvalue weighted by Gasteiger charge is -2.37. The average molecular weight is 300 g/mol. The average Bonchev–Trinajstić information content (AvgIpc) is 2.56. The van der Waals surface area contributed by atoms with Crippen LogP contribution in [0.5, 0.6) is 0 Å². The van der Waals surface area contributed by atoms with Crippen LogP contribution >= 0.6 is 12.6 Å². The van der Waals surface area contributed by atoms with Crippen molar-refractivity contribution in [3.05, 3.63) is 29.6 Å². The van der Waals surface area contributed by atoms with Gasteiger partial charge in [0.05, 0.1) is 0 Å². The highest BCUT2D eigenvalue weighted by atomic mass is 32.1. The van der Waals surface area contributed by atoms with Crippen molar-refractivity contribution < 1.29 is 0 Å². The van der Waals surface area contributed by atoms with Crippen molar-refractivity contribution in [2.75, 3.05) is 0 Å². The molecule has 0 unspecified atom stereocenters. The molecule has 21 heavy (non-hydrogen) atoms. The molecule has 2 nitrogen and oxygen atoms in total. The van der Waals surface area contributed by atoms with Crippen molar-refractivity contribution in [1.29, 1.82) is 5.26 Å². The normalized spacial score (nSPS) is 33.3. The van der Waals surface area contributed by atoms with Crippen molar-refractivity contribution in [1.82, 2.24) is 4.98 Å². The fraction of sp³-hybridized carbons (Fsp3) is 0.667. The van der Waals surface area contributed by atoms with E-state index in [0.29, 0.717) is 16.9 Å². The van der Waals surface area contributed by atoms with E-state index in [1.807, 2.05) is 12.3 Å². The minimum atomic E-state index is 0.524. The topological polar surface area (TPSA) is 36.7 Å². The first-order valence-electron chi connectivity index (χ1n) is 8.30. The maximum absolute atomic E-state index is 8.82. The van der Waals surface area contributed by atoms with E-state index in [9.17, 15) is 0 Å². The van der Waals surface area contributed by atoms with Crippen molar-refractivity contribution >= 4 is 12.6 Å². The van der Waals surface area contributed by atoms with Crippen LogP contribution in [0.2, 0.25) is 0 Å². The number of hydrogen-bond acceptors (Lipinski definition) is 3. The van der Waals surface area contributed by atoms with E-state index in [4.69, 9.17) is 5.26 Å². The maximum Gasteiger partial charge on any atom is 0.140 e. The Morgan fingerprint density at radius 3 is 2.10 bits per heavy atom. The SMILES string of the molecule is N#Cc1ccc(C2CCC(C3CCC(S)CC3)CC2)cn1. The summed E-state index contributed by atoms with van der Waals surface area (Å²) >= 11 is 4.61. The molecule has 1 heterocycles. The second kappa shape index (κ2) is 6.83. The van der Waals surface area contributed by atoms with E-state index < -0.39 is 0 Å². The largest absolute Gasteiger partial charge is 0.245 e. The van der Waals surface area contributed by atoms with Crippen molar-refractivity contribution in [2.24, 2.45) is 11.8 Å². The Hall–Kier alpha value is -1.01. The summed E-state index contributed by atoms with van der Waals surface area (Å²) in [7, 11) is 0. The first-order valence-corrected chi connectivity index (χ1v) is 8.82. The van der Waals surface area contributed by atoms with Gasteiger partial charge in [0, 0.05) is 11.4 Å². The van der Waals surface area contributed by atoms with Crippen LogP contribution in [-0.4, -0.2) is 10.2 Å². The Morgan fingerprint density at radius 1 is 0.952 bits per heavy atom. The number of aromatic nitrogens is 1. The quantitative estimate of drug-likeness (QED) is 0.803. The van der Waals surface area contributed by atoms with Gasteiger partial charge in [-0.15, -0.1) is 0 Å². The summed E-state index contributed by atoms with van der Waals surface area (Å²) in [6, 6.07) is 6.05. The van der Waals surface area contributed by atoms with Gasteiger partial charge in [0.15, 0.2) is 0 Å². The van der Waals surface area contributed by atoms with Gasteiger partial charge in [0.1, 0.15) is 11.8 Å². The highest BCUT2D eigenvalue weighted by molar-refractivity contribution is 7.80. The number of thiol groups is 1. The Morgan fingerprint density at radius 2 is 1.57 bits per heavy atom. The molecular weight excluding hydrogens is 276 g/mol. The van der Waals surface area contributed by atoms with Crippen molar-refractivity contribution in [2.45, 2.75) is 62.5 Å². The van der Waals surface area contributed by atoms with E-state index in [1.54, 1.807) is 0 Å². The minimum absolute atomic E-state index is 0.524. The summed E-state index contributed by atoms with van der Waals surface area (Å²) in [6.07, 6.45) is 12.6. The van der Waals surface area contributed by atoms with Crippen LogP contribution in [0.25, 0.3) is 0 Å². The zero-order valence-corrected chi connectivity index (χ0v) is 13.4. The second-order valence-electron chi connectivity index (χ2n) is 6.77. The lowest BCUT2D eigenvalue weighted by molar-refractivity contribution is 0.188. The molecule has 3 rings (SSSR count). The summed E-state index contributed by atoms with van der Waals surface area (Å²) in [6.45, 7) is 0. The zero-order chi connectivity index (χ0) is 14.7. The van der Waals surface area contributed by atoms with Crippen molar-refractivity contribution in [3.8, 4) is 6.07 Å². The molecule has 112 valence electrons. The fourth-order valence-corrected chi connectivity index (χ4v) is 4.51. The summed E-state index contributed by atoms with van der Waals surface area (Å²) in [5, 5.41) is 9.47. The molecule has 0 N–H and O–H groups in total. The summed E-state index contributed by atoms with van der Waals surface area (Å²) < 4.78 is 0. The molecule has 1 aromatic rings. The number of nitriles is 1. The van der Waals surface area contributed by atoms with Gasteiger partial charge in [-0.3, -0.25) is 0 Å². The van der Waals surface area contributed by atoms with Gasteiger partial charge in [-0.25, -0.2) is 4.98 Å². The lowest BCUT2D eigenvalue weighted by atomic mass is 9.70. The van der Waals surface area contributed by atoms with Crippen LogP contribution in [0.1, 0.15) is 68.5 Å². The molecule has 0 radical (unpaired) electrons. The number of hydrogen-bond donors (Lipinski definition) is 1. The zero-order valence-electron chi connectivity index (χ0n) is 12.5. The van der Waals surface area contributed by atoms with Crippen LogP contribution in [-0.2, 0) is 0 Å². The number of pyridine rings is 1. The molecule has 2 saturated carbocycles. The molecule has 2 fully saturated rings. The van der Waals surface area contributed by atoms with E-state index in [-0.39, 0.29) is 0 Å². The molecule has 3 heteroatoms. The Kier molecular flexibility index (Phi) is 4.85. The Bertz CT molecular complexity index is 489. The molecule has 0 bridgehead atoms. The smallest absolute Gasteiger partial charge is 0.140 e. The predicted octanol–water partition coefficient (Wildman–Crippen LogP) is 4.72. The number of nitrogens with zero attached hydrogens (tertiary/aromatic N) is 2. The molecule has 1 aromatic heterocycles. The van der Waals surface area contributed by atoms with E-state index in [0.717, 1.165) is 11.8 Å². The molecule has 2 aliphatic carbocycles. The van der Waals surface area contributed by atoms with Crippen LogP contribution in [0, 0.1) is 23.2 Å². The Balaban J connectivity index is 1.53. The highest BCUT2D eigenvalue weighted by Gasteiger charge is 2.30. The molecular formula is C18H24N2S. The molecule has 0 amide bonds. The summed E-state index contributed by atoms with van der Waals surface area (Å²) in [5.74, 6) is 2.55. The fourth-order valence-electron chi connectivity index (χ4n) is 4.21. The van der Waals surface area contributed by atoms with Crippen LogP contribution in [0.4, 0.5) is 0 Å². The highest BCUT2D eigenvalue weighted by Crippen LogP contribution is 2.43. The van der Waals surface area contributed by atoms with E-state index >= 15 is 0 Å². The molecule has 0 aliphatic heterocycles. The maximum atomic E-state index is 8.82. The third-order valence-electron chi connectivity index (χ3n) is 5.55. The van der Waals surface area contributed by atoms with Crippen LogP contribution < -0.4 is 0 Å². The third-order valence-corrected chi connectivity index (χ3v) is 6.07. The lowest BCUT2D eigenvalue weighted by Crippen LogP contribution is -2.25. The van der Waals surface area contributed by atoms with Gasteiger partial charge >= 0.3 is 0 Å². The molecule has 0 atom stereocenters. The van der Waals surface area contributed by atoms with Gasteiger partial charge in [0.2, 0.25) is 0 Å². The van der Waals surface area contributed by atoms with Gasteiger partial charge in [-0.05, 0) is 80.8 Å². The molecule has 0 spiro atoms. The van der Waals surface area contributed by atoms with Gasteiger partial charge in [-0.1, -0.05) is 6.07 Å². The number of rotatable bonds is 2. The molecule has 0 aromatic carbocycles. The van der Waals surface area contributed by atoms with Gasteiger partial charge in [-0.2, -0.15) is 17.9 Å². The predicted molar refractivity (Wildman–Crippen MR) is 88.4 cm³/mol. The standard InChI is InChI=1S/C18H24N2S/c19-11-17-8-5-16(12-20-17)15-3-1-13(2-4-15)14-6-9-18(21)10-7-14/h5,8,12-15,18,21H,1-4,6-7,9-10H2. The second-order valence-corrected chi connectivity index (χ2v) is 7.50. The summed E-state index contributed by atoms with van der Waals surface area (Å²) in [4.78, 5) is 4.22. The molecule has 2 aliphatic rings. The monoisotopic (exact) mass is 300 g/mol. The Labute approximate surface area is 133 Å². The first kappa shape index (κ1) is 14.9. The van der Waals surface area contributed by atoms with Gasteiger partial charge in [0.25, 0.3) is 0 Å². The minimum Gasteiger partial charge on any atom is -0.245 e. The van der Waals surface area contributed by atoms with Gasteiger partial charge < -0.3 is 0 Å². The van der Waals surface area contributed by atoms with Crippen molar-refractivity contribution in [3.63, 3.8) is 0 Å². The van der Waals surface area contributed by atoms with Crippen LogP contribution in [0.15, 0.2) is 18.3 Å². The van der Waals surface area contributed by atoms with Crippen LogP contribution in [0.3, 0.4) is 0 Å².